The smallest absolute Gasteiger partial charge is 0.448 e. The molecule has 1 unspecified atom stereocenters. The Morgan fingerprint density at radius 1 is 1.40 bits per heavy atom. The van der Waals surface area contributed by atoms with Crippen LogP contribution >= 0.6 is 11.6 Å². The Balaban J connectivity index is 0.00000450. The van der Waals surface area contributed by atoms with Gasteiger partial charge in [0.1, 0.15) is 0 Å². The van der Waals surface area contributed by atoms with Gasteiger partial charge in [-0.15, -0.1) is 28.8 Å². The van der Waals surface area contributed by atoms with Crippen molar-refractivity contribution < 1.29 is 23.1 Å². The molecule has 1 heterocycles. The van der Waals surface area contributed by atoms with Crippen LogP contribution in [0.2, 0.25) is 24.8 Å². The van der Waals surface area contributed by atoms with Gasteiger partial charge < -0.3 is 10.00 Å². The minimum atomic E-state index is -2.72. The van der Waals surface area contributed by atoms with Crippen molar-refractivity contribution >= 4 is 35.1 Å². The Morgan fingerprint density at radius 3 is 2.57 bits per heavy atom. The van der Waals surface area contributed by atoms with Crippen LogP contribution in [0.25, 0.3) is 5.70 Å². The van der Waals surface area contributed by atoms with E-state index in [4.69, 9.17) is 23.0 Å². The topological polar surface area (TPSA) is 70.8 Å². The zero-order valence-electron chi connectivity index (χ0n) is 18.0. The Bertz CT molecular complexity index is 1070. The third-order valence-electron chi connectivity index (χ3n) is 3.74. The van der Waals surface area contributed by atoms with Crippen molar-refractivity contribution in [3.63, 3.8) is 0 Å². The Morgan fingerprint density at radius 2 is 2.03 bits per heavy atom. The molecular weight excluding hydrogens is 427 g/mol. The first-order valence-electron chi connectivity index (χ1n) is 8.97. The molecule has 1 atom stereocenters. The summed E-state index contributed by atoms with van der Waals surface area (Å²) in [4.78, 5) is 0.504. The monoisotopic (exact) mass is 451 g/mol. The van der Waals surface area contributed by atoms with Crippen LogP contribution in [0.4, 0.5) is 0 Å². The molecule has 0 aliphatic carbocycles. The second-order valence-corrected chi connectivity index (χ2v) is 14.9. The first kappa shape index (κ1) is 26.4. The van der Waals surface area contributed by atoms with Crippen molar-refractivity contribution in [2.75, 3.05) is 6.26 Å². The van der Waals surface area contributed by atoms with Gasteiger partial charge in [-0.1, -0.05) is 26.4 Å². The number of nitrogens with one attached hydrogen (secondary N) is 2. The normalized spacial score (nSPS) is 13.4. The number of aromatic nitrogens is 2. The molecule has 0 fully saturated rings. The van der Waals surface area contributed by atoms with Gasteiger partial charge in [0.15, 0.2) is 0 Å². The number of nitrogens with zero attached hydrogens (tertiary/aromatic N) is 2. The Kier molecular flexibility index (Phi) is 9.74. The first-order chi connectivity index (χ1) is 13.5. The molecular formula is C21H25ClLiN4OSSi-2. The van der Waals surface area contributed by atoms with Gasteiger partial charge in [-0.3, -0.25) is 18.2 Å². The minimum absolute atomic E-state index is 0. The number of benzene rings is 1. The Hall–Kier alpha value is -1.68. The number of halogens is 1. The van der Waals surface area contributed by atoms with E-state index >= 15 is 0 Å². The van der Waals surface area contributed by atoms with E-state index in [9.17, 15) is 4.21 Å². The van der Waals surface area contributed by atoms with Gasteiger partial charge in [0.25, 0.3) is 0 Å². The molecule has 0 radical (unpaired) electrons. The molecule has 0 aliphatic rings. The van der Waals surface area contributed by atoms with E-state index in [1.165, 1.54) is 12.3 Å². The molecule has 0 bridgehead atoms. The van der Waals surface area contributed by atoms with Crippen LogP contribution in [0, 0.1) is 29.0 Å². The summed E-state index contributed by atoms with van der Waals surface area (Å²) in [5, 5.41) is 7.87. The summed E-state index contributed by atoms with van der Waals surface area (Å²) in [5.41, 5.74) is 5.55. The second-order valence-electron chi connectivity index (χ2n) is 7.60. The van der Waals surface area contributed by atoms with Gasteiger partial charge in [-0.05, 0) is 17.7 Å². The number of hydrogen-bond acceptors (Lipinski definition) is 4. The average molecular weight is 452 g/mol. The molecule has 155 valence electrons. The van der Waals surface area contributed by atoms with Crippen LogP contribution in [-0.4, -0.2) is 28.3 Å². The zero-order valence-corrected chi connectivity index (χ0v) is 20.6. The third-order valence-corrected chi connectivity index (χ3v) is 6.10. The summed E-state index contributed by atoms with van der Waals surface area (Å²) in [6.45, 7) is 13.1. The van der Waals surface area contributed by atoms with Crippen molar-refractivity contribution in [2.24, 2.45) is 0 Å². The van der Waals surface area contributed by atoms with E-state index in [0.29, 0.717) is 34.4 Å². The predicted molar refractivity (Wildman–Crippen MR) is 122 cm³/mol. The summed E-state index contributed by atoms with van der Waals surface area (Å²) < 4.78 is 21.0. The molecule has 2 aromatic rings. The minimum Gasteiger partial charge on any atom is -0.448 e. The maximum absolute atomic E-state index is 11.8. The zero-order chi connectivity index (χ0) is 21.7. The fourth-order valence-corrected chi connectivity index (χ4v) is 3.87. The fraction of sp³-hybridized carbons (Fsp3) is 0.286. The molecule has 0 amide bonds. The van der Waals surface area contributed by atoms with Gasteiger partial charge in [0, 0.05) is 22.8 Å². The number of rotatable bonds is 7. The van der Waals surface area contributed by atoms with Crippen molar-refractivity contribution in [3.8, 4) is 11.5 Å². The quantitative estimate of drug-likeness (QED) is 0.289. The van der Waals surface area contributed by atoms with Crippen molar-refractivity contribution in [1.29, 1.82) is 4.78 Å². The van der Waals surface area contributed by atoms with Gasteiger partial charge in [-0.2, -0.15) is 19.6 Å². The number of allylic oxidation sites excluding steroid dienone is 2. The van der Waals surface area contributed by atoms with Crippen LogP contribution in [0.5, 0.6) is 0 Å². The second kappa shape index (κ2) is 11.1. The van der Waals surface area contributed by atoms with Gasteiger partial charge in [0.2, 0.25) is 0 Å². The standard InChI is InChI=1S/C21H25ClN4OSSi.Li/c1-6-8-20(24-15-17-9-11-18(12-10-17)28(2,23)27)19-16-26(25-21(19)22)13-7-14-29(3,4)5;/h1,6,8-12,23-24H,13,15H2,2-5H3;/q-3;+1/b20-8+;. The summed E-state index contributed by atoms with van der Waals surface area (Å²) in [7, 11) is -4.16. The van der Waals surface area contributed by atoms with Crippen molar-refractivity contribution in [1.82, 2.24) is 15.1 Å². The molecule has 30 heavy (non-hydrogen) atoms. The first-order valence-corrected chi connectivity index (χ1v) is 14.8. The summed E-state index contributed by atoms with van der Waals surface area (Å²) in [6, 6.07) is 7.09. The largest absolute Gasteiger partial charge is 1.00 e. The molecule has 0 saturated carbocycles. The SMILES string of the molecule is [CH-]=C/C=C(/NCc1ccc(S(C)(=N)=O)cc1)c1[c-]n(CC#C[Si-](C)(C)C)nc1Cl.[Li+]. The van der Waals surface area contributed by atoms with E-state index in [-0.39, 0.29) is 18.9 Å². The predicted octanol–water partition coefficient (Wildman–Crippen LogP) is 1.38. The van der Waals surface area contributed by atoms with Crippen LogP contribution in [-0.2, 0) is 22.8 Å². The van der Waals surface area contributed by atoms with Crippen molar-refractivity contribution in [2.45, 2.75) is 37.6 Å². The van der Waals surface area contributed by atoms with E-state index in [2.05, 4.69) is 47.7 Å². The van der Waals surface area contributed by atoms with E-state index in [0.717, 1.165) is 5.56 Å². The summed E-state index contributed by atoms with van der Waals surface area (Å²) >= 11 is 6.31. The Labute approximate surface area is 198 Å². The van der Waals surface area contributed by atoms with E-state index in [1.54, 1.807) is 22.9 Å². The molecule has 0 saturated heterocycles. The number of hydrogen-bond donors (Lipinski definition) is 2. The average Bonchev–Trinajstić information content (AvgIpc) is 2.97. The van der Waals surface area contributed by atoms with E-state index in [1.807, 2.05) is 12.1 Å². The fourth-order valence-electron chi connectivity index (χ4n) is 2.37. The summed E-state index contributed by atoms with van der Waals surface area (Å²) in [6.07, 6.45) is 7.66. The third kappa shape index (κ3) is 8.22. The van der Waals surface area contributed by atoms with Crippen molar-refractivity contribution in [3.05, 3.63) is 65.5 Å². The van der Waals surface area contributed by atoms with Crippen LogP contribution < -0.4 is 24.2 Å². The van der Waals surface area contributed by atoms with Gasteiger partial charge >= 0.3 is 18.9 Å². The maximum Gasteiger partial charge on any atom is 1.00 e. The molecule has 2 rings (SSSR count). The molecule has 1 aromatic heterocycles. The molecule has 0 aliphatic heterocycles. The maximum atomic E-state index is 11.8. The molecule has 5 nitrogen and oxygen atoms in total. The molecule has 2 N–H and O–H groups in total. The van der Waals surface area contributed by atoms with Crippen LogP contribution in [0.15, 0.2) is 41.3 Å². The van der Waals surface area contributed by atoms with E-state index < -0.39 is 17.8 Å². The van der Waals surface area contributed by atoms with Crippen LogP contribution in [0.3, 0.4) is 0 Å². The summed E-state index contributed by atoms with van der Waals surface area (Å²) in [5.74, 6) is 3.14. The molecule has 0 spiro atoms. The van der Waals surface area contributed by atoms with Gasteiger partial charge in [-0.25, -0.2) is 20.2 Å². The molecule has 1 aromatic carbocycles. The molecule has 9 heteroatoms. The van der Waals surface area contributed by atoms with Gasteiger partial charge in [0.05, 0.1) is 16.3 Å². The van der Waals surface area contributed by atoms with Crippen LogP contribution in [0.1, 0.15) is 11.1 Å².